The van der Waals surface area contributed by atoms with Crippen LogP contribution in [0.5, 0.6) is 0 Å². The van der Waals surface area contributed by atoms with Crippen LogP contribution in [0.1, 0.15) is 31.1 Å². The molecule has 3 rings (SSSR count). The molecule has 0 saturated carbocycles. The zero-order chi connectivity index (χ0) is 19.4. The summed E-state index contributed by atoms with van der Waals surface area (Å²) in [6.45, 7) is 8.46. The monoisotopic (exact) mass is 366 g/mol. The molecule has 0 unspecified atom stereocenters. The molecular weight excluding hydrogens is 340 g/mol. The molecular formula is C22H26N2O3. The number of anilines is 1. The molecule has 27 heavy (non-hydrogen) atoms. The molecule has 1 fully saturated rings. The lowest BCUT2D eigenvalue weighted by molar-refractivity contribution is 0.0240. The van der Waals surface area contributed by atoms with Crippen LogP contribution in [0.4, 0.5) is 10.5 Å². The summed E-state index contributed by atoms with van der Waals surface area (Å²) in [7, 11) is 0. The van der Waals surface area contributed by atoms with Gasteiger partial charge in [0.1, 0.15) is 5.60 Å². The summed E-state index contributed by atoms with van der Waals surface area (Å²) in [4.78, 5) is 27.4. The largest absolute Gasteiger partial charge is 0.444 e. The van der Waals surface area contributed by atoms with Gasteiger partial charge in [0.15, 0.2) is 6.29 Å². The van der Waals surface area contributed by atoms with E-state index in [1.807, 2.05) is 57.2 Å². The van der Waals surface area contributed by atoms with E-state index in [0.717, 1.165) is 36.2 Å². The third-order valence-corrected chi connectivity index (χ3v) is 4.56. The van der Waals surface area contributed by atoms with Crippen molar-refractivity contribution in [2.45, 2.75) is 26.4 Å². The molecule has 0 aromatic heterocycles. The van der Waals surface area contributed by atoms with Crippen molar-refractivity contribution in [1.82, 2.24) is 4.90 Å². The molecule has 2 aromatic carbocycles. The van der Waals surface area contributed by atoms with E-state index in [2.05, 4.69) is 17.0 Å². The molecule has 5 heteroatoms. The number of carbonyl (C=O) groups excluding carboxylic acids is 2. The molecule has 5 nitrogen and oxygen atoms in total. The highest BCUT2D eigenvalue weighted by atomic mass is 16.6. The van der Waals surface area contributed by atoms with Crippen LogP contribution in [0.2, 0.25) is 0 Å². The number of ether oxygens (including phenoxy) is 1. The van der Waals surface area contributed by atoms with Crippen LogP contribution in [-0.2, 0) is 4.74 Å². The first-order valence-corrected chi connectivity index (χ1v) is 9.25. The van der Waals surface area contributed by atoms with E-state index >= 15 is 0 Å². The first kappa shape index (κ1) is 19.0. The first-order valence-electron chi connectivity index (χ1n) is 9.25. The van der Waals surface area contributed by atoms with Gasteiger partial charge in [-0.15, -0.1) is 0 Å². The molecule has 0 spiro atoms. The van der Waals surface area contributed by atoms with Crippen LogP contribution in [0, 0.1) is 0 Å². The van der Waals surface area contributed by atoms with Gasteiger partial charge in [-0.25, -0.2) is 4.79 Å². The lowest BCUT2D eigenvalue weighted by Crippen LogP contribution is -2.50. The molecule has 142 valence electrons. The molecule has 0 atom stereocenters. The van der Waals surface area contributed by atoms with Gasteiger partial charge in [-0.2, -0.15) is 0 Å². The van der Waals surface area contributed by atoms with Gasteiger partial charge < -0.3 is 14.5 Å². The second kappa shape index (κ2) is 7.82. The number of carbonyl (C=O) groups is 2. The molecule has 1 aliphatic rings. The number of rotatable bonds is 3. The topological polar surface area (TPSA) is 49.9 Å². The highest BCUT2D eigenvalue weighted by Crippen LogP contribution is 2.26. The van der Waals surface area contributed by atoms with Gasteiger partial charge in [-0.1, -0.05) is 36.4 Å². The fourth-order valence-electron chi connectivity index (χ4n) is 3.19. The van der Waals surface area contributed by atoms with Gasteiger partial charge in [-0.05, 0) is 44.0 Å². The van der Waals surface area contributed by atoms with E-state index in [-0.39, 0.29) is 6.09 Å². The van der Waals surface area contributed by atoms with E-state index < -0.39 is 5.60 Å². The standard InChI is InChI=1S/C22H26N2O3/c1-22(2,3)27-21(26)24-14-12-23(13-15-24)19-10-8-17(9-11-19)20-7-5-4-6-18(20)16-25/h4-11,16H,12-15H2,1-3H3. The van der Waals surface area contributed by atoms with Crippen molar-refractivity contribution in [3.8, 4) is 11.1 Å². The smallest absolute Gasteiger partial charge is 0.410 e. The summed E-state index contributed by atoms with van der Waals surface area (Å²) < 4.78 is 5.44. The van der Waals surface area contributed by atoms with Crippen molar-refractivity contribution in [3.63, 3.8) is 0 Å². The maximum atomic E-state index is 12.2. The fraction of sp³-hybridized carbons (Fsp3) is 0.364. The Balaban J connectivity index is 1.64. The highest BCUT2D eigenvalue weighted by Gasteiger charge is 2.25. The van der Waals surface area contributed by atoms with Crippen molar-refractivity contribution in [2.24, 2.45) is 0 Å². The van der Waals surface area contributed by atoms with E-state index in [0.29, 0.717) is 18.7 Å². The predicted octanol–water partition coefficient (Wildman–Crippen LogP) is 4.22. The van der Waals surface area contributed by atoms with Crippen molar-refractivity contribution < 1.29 is 14.3 Å². The van der Waals surface area contributed by atoms with E-state index in [9.17, 15) is 9.59 Å². The average Bonchev–Trinajstić information content (AvgIpc) is 2.67. The van der Waals surface area contributed by atoms with Crippen LogP contribution in [0.3, 0.4) is 0 Å². The van der Waals surface area contributed by atoms with Gasteiger partial charge in [0.25, 0.3) is 0 Å². The molecule has 2 aromatic rings. The summed E-state index contributed by atoms with van der Waals surface area (Å²) in [6, 6.07) is 15.8. The Morgan fingerprint density at radius 3 is 2.19 bits per heavy atom. The van der Waals surface area contributed by atoms with Crippen LogP contribution in [-0.4, -0.2) is 49.1 Å². The van der Waals surface area contributed by atoms with E-state index in [4.69, 9.17) is 4.74 Å². The predicted molar refractivity (Wildman–Crippen MR) is 107 cm³/mol. The van der Waals surface area contributed by atoms with Crippen LogP contribution >= 0.6 is 0 Å². The van der Waals surface area contributed by atoms with Crippen molar-refractivity contribution >= 4 is 18.1 Å². The minimum Gasteiger partial charge on any atom is -0.444 e. The Kier molecular flexibility index (Phi) is 5.49. The van der Waals surface area contributed by atoms with Crippen molar-refractivity contribution in [1.29, 1.82) is 0 Å². The maximum Gasteiger partial charge on any atom is 0.410 e. The molecule has 1 heterocycles. The normalized spacial score (nSPS) is 14.8. The first-order chi connectivity index (χ1) is 12.9. The molecule has 0 N–H and O–H groups in total. The van der Waals surface area contributed by atoms with Gasteiger partial charge in [0.2, 0.25) is 0 Å². The SMILES string of the molecule is CC(C)(C)OC(=O)N1CCN(c2ccc(-c3ccccc3C=O)cc2)CC1. The minimum absolute atomic E-state index is 0.247. The van der Waals surface area contributed by atoms with E-state index in [1.54, 1.807) is 4.90 Å². The Bertz CT molecular complexity index is 801. The minimum atomic E-state index is -0.470. The Hall–Kier alpha value is -2.82. The van der Waals surface area contributed by atoms with Crippen molar-refractivity contribution in [2.75, 3.05) is 31.1 Å². The molecule has 0 aliphatic carbocycles. The number of hydrogen-bond donors (Lipinski definition) is 0. The molecule has 0 bridgehead atoms. The second-order valence-electron chi connectivity index (χ2n) is 7.71. The quantitative estimate of drug-likeness (QED) is 0.763. The number of benzene rings is 2. The molecule has 1 amide bonds. The van der Waals surface area contributed by atoms with Crippen LogP contribution in [0.25, 0.3) is 11.1 Å². The summed E-state index contributed by atoms with van der Waals surface area (Å²) in [5.74, 6) is 0. The summed E-state index contributed by atoms with van der Waals surface area (Å²) >= 11 is 0. The number of aldehydes is 1. The average molecular weight is 366 g/mol. The highest BCUT2D eigenvalue weighted by molar-refractivity contribution is 5.87. The summed E-state index contributed by atoms with van der Waals surface area (Å²) in [6.07, 6.45) is 0.641. The van der Waals surface area contributed by atoms with Gasteiger partial charge in [-0.3, -0.25) is 4.79 Å². The van der Waals surface area contributed by atoms with Crippen LogP contribution < -0.4 is 4.90 Å². The number of amides is 1. The Morgan fingerprint density at radius 2 is 1.59 bits per heavy atom. The zero-order valence-electron chi connectivity index (χ0n) is 16.1. The van der Waals surface area contributed by atoms with Crippen molar-refractivity contribution in [3.05, 3.63) is 54.1 Å². The maximum absolute atomic E-state index is 12.2. The molecule has 1 saturated heterocycles. The number of nitrogens with zero attached hydrogens (tertiary/aromatic N) is 2. The van der Waals surface area contributed by atoms with Gasteiger partial charge >= 0.3 is 6.09 Å². The summed E-state index contributed by atoms with van der Waals surface area (Å²) in [5, 5.41) is 0. The lowest BCUT2D eigenvalue weighted by Gasteiger charge is -2.36. The molecule has 1 aliphatic heterocycles. The summed E-state index contributed by atoms with van der Waals surface area (Å²) in [5.41, 5.74) is 3.30. The Morgan fingerprint density at radius 1 is 0.963 bits per heavy atom. The van der Waals surface area contributed by atoms with E-state index in [1.165, 1.54) is 0 Å². The molecule has 0 radical (unpaired) electrons. The van der Waals surface area contributed by atoms with Gasteiger partial charge in [0.05, 0.1) is 0 Å². The lowest BCUT2D eigenvalue weighted by atomic mass is 10.00. The third-order valence-electron chi connectivity index (χ3n) is 4.56. The Labute approximate surface area is 160 Å². The van der Waals surface area contributed by atoms with Crippen LogP contribution in [0.15, 0.2) is 48.5 Å². The fourth-order valence-corrected chi connectivity index (χ4v) is 3.19. The number of piperazine rings is 1. The third kappa shape index (κ3) is 4.67. The van der Waals surface area contributed by atoms with Gasteiger partial charge in [0, 0.05) is 37.4 Å². The number of hydrogen-bond acceptors (Lipinski definition) is 4. The second-order valence-corrected chi connectivity index (χ2v) is 7.71. The zero-order valence-corrected chi connectivity index (χ0v) is 16.1.